The Labute approximate surface area is 251 Å². The third-order valence-electron chi connectivity index (χ3n) is 5.33. The normalized spacial score (nSPS) is 15.5. The highest BCUT2D eigenvalue weighted by molar-refractivity contribution is 6.39. The average molecular weight is 646 g/mol. The second kappa shape index (κ2) is 19.6. The van der Waals surface area contributed by atoms with Crippen LogP contribution in [0.25, 0.3) is 5.65 Å². The maximum Gasteiger partial charge on any atom is 0.411 e. The van der Waals surface area contributed by atoms with Gasteiger partial charge in [0.05, 0.1) is 30.8 Å². The number of imidazole rings is 1. The molecule has 18 heteroatoms. The molecule has 3 amide bonds. The lowest BCUT2D eigenvalue weighted by Gasteiger charge is -2.13. The maximum absolute atomic E-state index is 12.1. The highest BCUT2D eigenvalue weighted by Crippen LogP contribution is 2.21. The molecule has 12 nitrogen and oxygen atoms in total. The molecule has 1 fully saturated rings. The highest BCUT2D eigenvalue weighted by Gasteiger charge is 2.43. The van der Waals surface area contributed by atoms with E-state index >= 15 is 0 Å². The standard InChI is InChI=1S/C14H18F3N3O2.C6H12N2O2.C4H5F3N2O.C2H6/c1-10(22-9-14(15,16)17)5-12-8-20-13(19-12)6-11(7-18-20)3-4-21-2;1-4(2)5(8-10)6(9)7-3;5-4(6,7)2-1-8-3(10)9-2;1-2/h6-8,10H,3-5,9H2,1-2H3;4,10H,1-3H3,(H,7,9);2H,1H2,(H2,8,9,10);1-2H3/b;8-5+;;. The van der Waals surface area contributed by atoms with E-state index in [2.05, 4.69) is 20.6 Å². The Bertz CT molecular complexity index is 1170. The largest absolute Gasteiger partial charge is 0.411 e. The molecule has 3 rings (SSSR count). The van der Waals surface area contributed by atoms with Crippen LogP contribution in [0.2, 0.25) is 0 Å². The number of hydrogen-bond acceptors (Lipinski definition) is 8. The van der Waals surface area contributed by atoms with Crippen LogP contribution in [0, 0.1) is 5.92 Å². The summed E-state index contributed by atoms with van der Waals surface area (Å²) in [6.07, 6.45) is -4.77. The first-order valence-electron chi connectivity index (χ1n) is 13.6. The number of fused-ring (bicyclic) bond motifs is 1. The van der Waals surface area contributed by atoms with Crippen LogP contribution >= 0.6 is 0 Å². The fraction of sp³-hybridized carbons (Fsp3) is 0.654. The van der Waals surface area contributed by atoms with Crippen LogP contribution in [0.4, 0.5) is 31.1 Å². The topological polar surface area (TPSA) is 151 Å². The predicted molar refractivity (Wildman–Crippen MR) is 150 cm³/mol. The van der Waals surface area contributed by atoms with Crippen molar-refractivity contribution in [3.05, 3.63) is 29.7 Å². The van der Waals surface area contributed by atoms with Crippen LogP contribution in [-0.2, 0) is 27.1 Å². The zero-order chi connectivity index (χ0) is 34.1. The number of carbonyl (C=O) groups excluding carboxylic acids is 2. The quantitative estimate of drug-likeness (QED) is 0.140. The molecule has 252 valence electrons. The van der Waals surface area contributed by atoms with Crippen molar-refractivity contribution in [2.24, 2.45) is 11.1 Å². The molecule has 0 saturated carbocycles. The average Bonchev–Trinajstić information content (AvgIpc) is 3.57. The minimum Gasteiger partial charge on any atom is -0.410 e. The lowest BCUT2D eigenvalue weighted by Crippen LogP contribution is -2.40. The Hall–Kier alpha value is -3.67. The number of halogens is 6. The van der Waals surface area contributed by atoms with Gasteiger partial charge in [0.15, 0.2) is 5.65 Å². The molecule has 1 aliphatic rings. The van der Waals surface area contributed by atoms with E-state index in [0.717, 1.165) is 12.0 Å². The van der Waals surface area contributed by atoms with Gasteiger partial charge in [-0.25, -0.2) is 14.3 Å². The van der Waals surface area contributed by atoms with Gasteiger partial charge < -0.3 is 30.6 Å². The van der Waals surface area contributed by atoms with E-state index in [0.29, 0.717) is 24.4 Å². The van der Waals surface area contributed by atoms with Crippen LogP contribution in [0.5, 0.6) is 0 Å². The Balaban J connectivity index is 0.000000700. The summed E-state index contributed by atoms with van der Waals surface area (Å²) in [5.41, 5.74) is 2.45. The minimum atomic E-state index is -4.33. The van der Waals surface area contributed by atoms with Crippen molar-refractivity contribution in [2.75, 3.05) is 33.9 Å². The number of nitrogens with one attached hydrogen (secondary N) is 3. The zero-order valence-corrected chi connectivity index (χ0v) is 25.6. The number of carbonyl (C=O) groups is 2. The molecular weight excluding hydrogens is 604 g/mol. The molecule has 3 heterocycles. The minimum absolute atomic E-state index is 0.0510. The Morgan fingerprint density at radius 1 is 1.23 bits per heavy atom. The summed E-state index contributed by atoms with van der Waals surface area (Å²) in [5.74, 6) is -0.387. The summed E-state index contributed by atoms with van der Waals surface area (Å²) in [7, 11) is 3.12. The van der Waals surface area contributed by atoms with Gasteiger partial charge in [0, 0.05) is 33.0 Å². The molecule has 0 radical (unpaired) electrons. The van der Waals surface area contributed by atoms with Crippen LogP contribution in [0.15, 0.2) is 23.6 Å². The molecule has 1 aliphatic heterocycles. The SMILES string of the molecule is CC.CNC(=O)/C(=N/O)C(C)C.COCCc1cnn2cc(CC(C)OCC(F)(F)F)nc2c1.O=C1NCC(C(F)(F)F)N1. The molecule has 0 spiro atoms. The van der Waals surface area contributed by atoms with Gasteiger partial charge in [-0.15, -0.1) is 0 Å². The number of rotatable bonds is 9. The molecule has 2 atom stereocenters. The monoisotopic (exact) mass is 645 g/mol. The first kappa shape index (κ1) is 40.3. The van der Waals surface area contributed by atoms with E-state index in [1.807, 2.05) is 25.2 Å². The zero-order valence-electron chi connectivity index (χ0n) is 25.6. The van der Waals surface area contributed by atoms with E-state index in [-0.39, 0.29) is 24.1 Å². The first-order chi connectivity index (χ1) is 20.5. The summed E-state index contributed by atoms with van der Waals surface area (Å²) in [6.45, 7) is 8.12. The summed E-state index contributed by atoms with van der Waals surface area (Å²) >= 11 is 0. The number of alkyl halides is 6. The molecule has 0 aliphatic carbocycles. The molecule has 0 aromatic carbocycles. The first-order valence-corrected chi connectivity index (χ1v) is 13.6. The number of methoxy groups -OCH3 is 1. The van der Waals surface area contributed by atoms with Gasteiger partial charge in [-0.3, -0.25) is 4.79 Å². The molecule has 2 aromatic rings. The number of amides is 3. The highest BCUT2D eigenvalue weighted by atomic mass is 19.4. The third-order valence-corrected chi connectivity index (χ3v) is 5.33. The molecule has 4 N–H and O–H groups in total. The molecular formula is C26H41F6N7O5. The second-order valence-corrected chi connectivity index (χ2v) is 9.25. The third kappa shape index (κ3) is 15.7. The second-order valence-electron chi connectivity index (χ2n) is 9.25. The van der Waals surface area contributed by atoms with Crippen molar-refractivity contribution in [3.63, 3.8) is 0 Å². The van der Waals surface area contributed by atoms with Crippen LogP contribution in [-0.4, -0.2) is 95.9 Å². The van der Waals surface area contributed by atoms with Gasteiger partial charge >= 0.3 is 18.4 Å². The van der Waals surface area contributed by atoms with Crippen molar-refractivity contribution in [1.29, 1.82) is 0 Å². The van der Waals surface area contributed by atoms with Crippen LogP contribution in [0.3, 0.4) is 0 Å². The molecule has 1 saturated heterocycles. The van der Waals surface area contributed by atoms with Gasteiger partial charge in [-0.1, -0.05) is 32.9 Å². The van der Waals surface area contributed by atoms with Gasteiger partial charge in [-0.2, -0.15) is 31.4 Å². The Morgan fingerprint density at radius 3 is 2.27 bits per heavy atom. The van der Waals surface area contributed by atoms with Gasteiger partial charge in [0.25, 0.3) is 5.91 Å². The van der Waals surface area contributed by atoms with E-state index in [4.69, 9.17) is 14.7 Å². The smallest absolute Gasteiger partial charge is 0.410 e. The summed E-state index contributed by atoms with van der Waals surface area (Å²) < 4.78 is 82.7. The van der Waals surface area contributed by atoms with Crippen LogP contribution < -0.4 is 16.0 Å². The Kier molecular flexibility index (Phi) is 17.9. The van der Waals surface area contributed by atoms with Gasteiger partial charge in [-0.05, 0) is 25.0 Å². The van der Waals surface area contributed by atoms with Crippen molar-refractivity contribution in [1.82, 2.24) is 30.5 Å². The number of oxime groups is 1. The molecule has 2 aromatic heterocycles. The Morgan fingerprint density at radius 2 is 1.86 bits per heavy atom. The van der Waals surface area contributed by atoms with E-state index < -0.39 is 37.1 Å². The molecule has 0 bridgehead atoms. The fourth-order valence-electron chi connectivity index (χ4n) is 3.21. The van der Waals surface area contributed by atoms with Crippen molar-refractivity contribution in [2.45, 2.75) is 72.0 Å². The number of nitrogens with zero attached hydrogens (tertiary/aromatic N) is 4. The number of aromatic nitrogens is 3. The van der Waals surface area contributed by atoms with Gasteiger partial charge in [0.1, 0.15) is 18.4 Å². The van der Waals surface area contributed by atoms with Crippen molar-refractivity contribution >= 4 is 23.3 Å². The summed E-state index contributed by atoms with van der Waals surface area (Å²) in [5, 5.41) is 21.5. The van der Waals surface area contributed by atoms with Gasteiger partial charge in [0.2, 0.25) is 0 Å². The number of urea groups is 1. The summed E-state index contributed by atoms with van der Waals surface area (Å²) in [6, 6.07) is -0.598. The van der Waals surface area contributed by atoms with E-state index in [9.17, 15) is 35.9 Å². The van der Waals surface area contributed by atoms with Crippen molar-refractivity contribution < 1.29 is 50.6 Å². The number of ether oxygens (including phenoxy) is 2. The fourth-order valence-corrected chi connectivity index (χ4v) is 3.21. The van der Waals surface area contributed by atoms with E-state index in [1.54, 1.807) is 50.1 Å². The maximum atomic E-state index is 12.1. The molecule has 44 heavy (non-hydrogen) atoms. The van der Waals surface area contributed by atoms with Crippen LogP contribution in [0.1, 0.15) is 45.9 Å². The summed E-state index contributed by atoms with van der Waals surface area (Å²) in [4.78, 5) is 25.3. The van der Waals surface area contributed by atoms with E-state index in [1.165, 1.54) is 7.05 Å². The van der Waals surface area contributed by atoms with Crippen molar-refractivity contribution in [3.8, 4) is 0 Å². The lowest BCUT2D eigenvalue weighted by atomic mass is 10.1. The number of hydrogen-bond donors (Lipinski definition) is 4. The predicted octanol–water partition coefficient (Wildman–Crippen LogP) is 3.90. The molecule has 2 unspecified atom stereocenters. The lowest BCUT2D eigenvalue weighted by molar-refractivity contribution is -0.183.